The first-order chi connectivity index (χ1) is 11.4. The maximum Gasteiger partial charge on any atom is 0.312 e. The van der Waals surface area contributed by atoms with Crippen LogP contribution in [0.1, 0.15) is 24.9 Å². The first-order valence-electron chi connectivity index (χ1n) is 7.71. The molecule has 24 heavy (non-hydrogen) atoms. The molecule has 1 saturated heterocycles. The molecule has 3 N–H and O–H groups in total. The van der Waals surface area contributed by atoms with Crippen molar-refractivity contribution in [3.8, 4) is 0 Å². The molecule has 1 aromatic rings. The molecule has 0 aliphatic carbocycles. The van der Waals surface area contributed by atoms with Crippen molar-refractivity contribution in [2.75, 3.05) is 26.2 Å². The number of hydrogen-bond donors (Lipinski definition) is 2. The Morgan fingerprint density at radius 3 is 2.17 bits per heavy atom. The average molecular weight is 353 g/mol. The lowest BCUT2D eigenvalue weighted by atomic mass is 10.0. The predicted octanol–water partition coefficient (Wildman–Crippen LogP) is 1.13. The number of urea groups is 1. The molecule has 0 radical (unpaired) electrons. The normalized spacial score (nSPS) is 15.8. The summed E-state index contributed by atoms with van der Waals surface area (Å²) in [6, 6.07) is 5.70. The number of nitrogens with two attached hydrogens (primary N) is 1. The zero-order valence-corrected chi connectivity index (χ0v) is 14.3. The van der Waals surface area contributed by atoms with Gasteiger partial charge in [-0.15, -0.1) is 0 Å². The number of benzene rings is 1. The van der Waals surface area contributed by atoms with E-state index >= 15 is 0 Å². The predicted molar refractivity (Wildman–Crippen MR) is 90.4 cm³/mol. The second kappa shape index (κ2) is 8.01. The summed E-state index contributed by atoms with van der Waals surface area (Å²) in [7, 11) is 0. The van der Waals surface area contributed by atoms with Crippen LogP contribution in [0.2, 0.25) is 5.02 Å². The van der Waals surface area contributed by atoms with Gasteiger partial charge in [-0.3, -0.25) is 9.59 Å². The highest BCUT2D eigenvalue weighted by Crippen LogP contribution is 2.21. The van der Waals surface area contributed by atoms with Gasteiger partial charge >= 0.3 is 6.03 Å². The zero-order valence-electron chi connectivity index (χ0n) is 13.5. The third kappa shape index (κ3) is 4.86. The maximum atomic E-state index is 12.5. The van der Waals surface area contributed by atoms with Crippen molar-refractivity contribution in [1.29, 1.82) is 0 Å². The van der Waals surface area contributed by atoms with E-state index < -0.39 is 12.1 Å². The molecule has 4 amide bonds. The van der Waals surface area contributed by atoms with Gasteiger partial charge in [-0.2, -0.15) is 0 Å². The van der Waals surface area contributed by atoms with E-state index in [1.807, 2.05) is 0 Å². The fraction of sp³-hybridized carbons (Fsp3) is 0.438. The summed E-state index contributed by atoms with van der Waals surface area (Å²) in [5, 5.41) is 3.17. The summed E-state index contributed by atoms with van der Waals surface area (Å²) in [4.78, 5) is 38.5. The highest BCUT2D eigenvalue weighted by Gasteiger charge is 2.25. The molecular weight excluding hydrogens is 332 g/mol. The molecule has 1 heterocycles. The highest BCUT2D eigenvalue weighted by atomic mass is 35.5. The SMILES string of the molecule is CC(=O)N1CCN(C(=O)CC(NC(N)=O)c2ccc(Cl)cc2)CC1. The fourth-order valence-corrected chi connectivity index (χ4v) is 2.82. The van der Waals surface area contributed by atoms with E-state index in [0.717, 1.165) is 5.56 Å². The third-order valence-corrected chi connectivity index (χ3v) is 4.30. The van der Waals surface area contributed by atoms with Crippen LogP contribution in [0, 0.1) is 0 Å². The van der Waals surface area contributed by atoms with Crippen molar-refractivity contribution in [1.82, 2.24) is 15.1 Å². The van der Waals surface area contributed by atoms with E-state index in [1.54, 1.807) is 34.1 Å². The average Bonchev–Trinajstić information content (AvgIpc) is 2.54. The third-order valence-electron chi connectivity index (χ3n) is 4.05. The quantitative estimate of drug-likeness (QED) is 0.850. The van der Waals surface area contributed by atoms with Crippen molar-refractivity contribution < 1.29 is 14.4 Å². The van der Waals surface area contributed by atoms with Gasteiger partial charge in [-0.1, -0.05) is 23.7 Å². The van der Waals surface area contributed by atoms with Crippen LogP contribution in [0.5, 0.6) is 0 Å². The van der Waals surface area contributed by atoms with Crippen LogP contribution < -0.4 is 11.1 Å². The lowest BCUT2D eigenvalue weighted by Gasteiger charge is -2.35. The van der Waals surface area contributed by atoms with Gasteiger partial charge in [0, 0.05) is 38.1 Å². The number of primary amides is 1. The Hall–Kier alpha value is -2.28. The molecule has 8 heteroatoms. The van der Waals surface area contributed by atoms with E-state index in [1.165, 1.54) is 6.92 Å². The van der Waals surface area contributed by atoms with E-state index in [-0.39, 0.29) is 18.2 Å². The van der Waals surface area contributed by atoms with Gasteiger partial charge in [0.25, 0.3) is 0 Å². The number of carbonyl (C=O) groups excluding carboxylic acids is 3. The second-order valence-electron chi connectivity index (χ2n) is 5.70. The Morgan fingerprint density at radius 2 is 1.67 bits per heavy atom. The van der Waals surface area contributed by atoms with Gasteiger partial charge in [0.15, 0.2) is 0 Å². The summed E-state index contributed by atoms with van der Waals surface area (Å²) in [5.74, 6) is -0.0802. The first-order valence-corrected chi connectivity index (χ1v) is 8.09. The van der Waals surface area contributed by atoms with Gasteiger partial charge in [0.1, 0.15) is 0 Å². The Labute approximate surface area is 145 Å². The lowest BCUT2D eigenvalue weighted by Crippen LogP contribution is -2.50. The number of amides is 4. The van der Waals surface area contributed by atoms with E-state index in [4.69, 9.17) is 17.3 Å². The molecule has 0 aromatic heterocycles. The summed E-state index contributed by atoms with van der Waals surface area (Å²) < 4.78 is 0. The number of nitrogens with zero attached hydrogens (tertiary/aromatic N) is 2. The van der Waals surface area contributed by atoms with Gasteiger partial charge in [0.05, 0.1) is 12.5 Å². The van der Waals surface area contributed by atoms with Crippen LogP contribution >= 0.6 is 11.6 Å². The molecule has 1 unspecified atom stereocenters. The van der Waals surface area contributed by atoms with E-state index in [9.17, 15) is 14.4 Å². The molecular formula is C16H21ClN4O3. The largest absolute Gasteiger partial charge is 0.352 e. The number of halogens is 1. The maximum absolute atomic E-state index is 12.5. The minimum Gasteiger partial charge on any atom is -0.352 e. The van der Waals surface area contributed by atoms with E-state index in [2.05, 4.69) is 5.32 Å². The van der Waals surface area contributed by atoms with Crippen molar-refractivity contribution in [2.45, 2.75) is 19.4 Å². The minimum absolute atomic E-state index is 0.0107. The van der Waals surface area contributed by atoms with Crippen LogP contribution in [0.4, 0.5) is 4.79 Å². The Morgan fingerprint density at radius 1 is 1.12 bits per heavy atom. The van der Waals surface area contributed by atoms with Crippen molar-refractivity contribution in [3.63, 3.8) is 0 Å². The first kappa shape index (κ1) is 18.1. The highest BCUT2D eigenvalue weighted by molar-refractivity contribution is 6.30. The molecule has 1 fully saturated rings. The summed E-state index contributed by atoms with van der Waals surface area (Å²) in [6.45, 7) is 3.54. The molecule has 2 rings (SSSR count). The molecule has 0 spiro atoms. The van der Waals surface area contributed by atoms with Gasteiger partial charge in [-0.05, 0) is 17.7 Å². The monoisotopic (exact) mass is 352 g/mol. The molecule has 0 saturated carbocycles. The lowest BCUT2D eigenvalue weighted by molar-refractivity contribution is -0.138. The Kier molecular flexibility index (Phi) is 6.03. The molecule has 0 bridgehead atoms. The summed E-state index contributed by atoms with van der Waals surface area (Å²) in [5.41, 5.74) is 5.98. The standard InChI is InChI=1S/C16H21ClN4O3/c1-11(22)20-6-8-21(9-7-20)15(23)10-14(19-16(18)24)12-2-4-13(17)5-3-12/h2-5,14H,6-10H2,1H3,(H3,18,19,24). The van der Waals surface area contributed by atoms with Crippen molar-refractivity contribution in [3.05, 3.63) is 34.9 Å². The fourth-order valence-electron chi connectivity index (χ4n) is 2.69. The molecule has 1 aromatic carbocycles. The van der Waals surface area contributed by atoms with Crippen LogP contribution in [0.3, 0.4) is 0 Å². The smallest absolute Gasteiger partial charge is 0.312 e. The Bertz CT molecular complexity index is 612. The molecule has 130 valence electrons. The molecule has 1 aliphatic rings. The number of hydrogen-bond acceptors (Lipinski definition) is 3. The van der Waals surface area contributed by atoms with Crippen LogP contribution in [0.25, 0.3) is 0 Å². The van der Waals surface area contributed by atoms with Gasteiger partial charge < -0.3 is 20.9 Å². The van der Waals surface area contributed by atoms with Gasteiger partial charge in [0.2, 0.25) is 11.8 Å². The molecule has 1 atom stereocenters. The summed E-state index contributed by atoms with van der Waals surface area (Å²) in [6.07, 6.45) is 0.102. The topological polar surface area (TPSA) is 95.7 Å². The van der Waals surface area contributed by atoms with Crippen LogP contribution in [-0.2, 0) is 9.59 Å². The number of rotatable bonds is 4. The van der Waals surface area contributed by atoms with Crippen LogP contribution in [0.15, 0.2) is 24.3 Å². The van der Waals surface area contributed by atoms with E-state index in [0.29, 0.717) is 31.2 Å². The van der Waals surface area contributed by atoms with Crippen molar-refractivity contribution >= 4 is 29.4 Å². The minimum atomic E-state index is -0.691. The molecule has 7 nitrogen and oxygen atoms in total. The number of carbonyl (C=O) groups is 3. The zero-order chi connectivity index (χ0) is 17.7. The van der Waals surface area contributed by atoms with Crippen molar-refractivity contribution in [2.24, 2.45) is 5.73 Å². The molecule has 1 aliphatic heterocycles. The number of nitrogens with one attached hydrogen (secondary N) is 1. The van der Waals surface area contributed by atoms with Crippen LogP contribution in [-0.4, -0.2) is 53.8 Å². The second-order valence-corrected chi connectivity index (χ2v) is 6.14. The van der Waals surface area contributed by atoms with Gasteiger partial charge in [-0.25, -0.2) is 4.79 Å². The Balaban J connectivity index is 2.01. The number of piperazine rings is 1. The summed E-state index contributed by atoms with van der Waals surface area (Å²) >= 11 is 5.87.